The molecule has 0 radical (unpaired) electrons. The van der Waals surface area contributed by atoms with Gasteiger partial charge in [0.2, 0.25) is 5.91 Å². The molecule has 322 valence electrons. The average molecular weight is 861 g/mol. The first-order valence-corrected chi connectivity index (χ1v) is 21.9. The molecular formula is C49H61Cl2F2N5O2. The fourth-order valence-corrected chi connectivity index (χ4v) is 8.43. The van der Waals surface area contributed by atoms with Crippen LogP contribution >= 0.6 is 23.2 Å². The van der Waals surface area contributed by atoms with Gasteiger partial charge >= 0.3 is 0 Å². The maximum atomic E-state index is 13.2. The van der Waals surface area contributed by atoms with E-state index in [0.717, 1.165) is 79.4 Å². The van der Waals surface area contributed by atoms with Gasteiger partial charge in [0.05, 0.1) is 5.54 Å². The Bertz CT molecular complexity index is 2030. The lowest BCUT2D eigenvalue weighted by atomic mass is 10.00. The Kier molecular flexibility index (Phi) is 17.0. The largest absolute Gasteiger partial charge is 0.487 e. The molecule has 0 bridgehead atoms. The Morgan fingerprint density at radius 1 is 0.817 bits per heavy atom. The van der Waals surface area contributed by atoms with Crippen LogP contribution in [0.1, 0.15) is 75.6 Å². The molecule has 7 rings (SSSR count). The zero-order valence-electron chi connectivity index (χ0n) is 35.6. The van der Waals surface area contributed by atoms with Gasteiger partial charge in [0, 0.05) is 91.3 Å². The highest BCUT2D eigenvalue weighted by Gasteiger charge is 2.50. The van der Waals surface area contributed by atoms with Crippen molar-refractivity contribution in [3.8, 4) is 5.75 Å². The molecule has 1 amide bonds. The van der Waals surface area contributed by atoms with Crippen LogP contribution in [0.5, 0.6) is 5.75 Å². The van der Waals surface area contributed by atoms with Gasteiger partial charge in [0.25, 0.3) is 0 Å². The topological polar surface area (TPSA) is 65.3 Å². The van der Waals surface area contributed by atoms with E-state index in [0.29, 0.717) is 41.7 Å². The van der Waals surface area contributed by atoms with Crippen LogP contribution in [-0.2, 0) is 24.3 Å². The van der Waals surface area contributed by atoms with Crippen molar-refractivity contribution in [3.05, 3.63) is 154 Å². The molecule has 0 aromatic heterocycles. The van der Waals surface area contributed by atoms with Crippen molar-refractivity contribution in [3.63, 3.8) is 0 Å². The van der Waals surface area contributed by atoms with Gasteiger partial charge in [-0.2, -0.15) is 0 Å². The monoisotopic (exact) mass is 859 g/mol. The second-order valence-corrected chi connectivity index (χ2v) is 16.9. The van der Waals surface area contributed by atoms with E-state index in [9.17, 15) is 13.6 Å². The molecule has 2 saturated heterocycles. The molecule has 4 aromatic rings. The van der Waals surface area contributed by atoms with E-state index in [-0.39, 0.29) is 35.2 Å². The maximum Gasteiger partial charge on any atom is 0.223 e. The van der Waals surface area contributed by atoms with Crippen LogP contribution in [0.15, 0.2) is 110 Å². The predicted molar refractivity (Wildman–Crippen MR) is 243 cm³/mol. The Balaban J connectivity index is 0.000000219. The van der Waals surface area contributed by atoms with E-state index in [2.05, 4.69) is 41.7 Å². The van der Waals surface area contributed by atoms with Gasteiger partial charge < -0.3 is 20.3 Å². The second-order valence-electron chi connectivity index (χ2n) is 16.0. The van der Waals surface area contributed by atoms with Crippen molar-refractivity contribution >= 4 is 34.8 Å². The first-order valence-electron chi connectivity index (χ1n) is 21.1. The highest BCUT2D eigenvalue weighted by atomic mass is 35.5. The third kappa shape index (κ3) is 13.0. The summed E-state index contributed by atoms with van der Waals surface area (Å²) in [5.41, 5.74) is 11.6. The normalized spacial score (nSPS) is 18.7. The number of nitrogens with two attached hydrogens (primary N) is 1. The molecule has 1 aliphatic carbocycles. The van der Waals surface area contributed by atoms with Crippen LogP contribution in [0.4, 0.5) is 8.78 Å². The maximum absolute atomic E-state index is 13.2. The van der Waals surface area contributed by atoms with Gasteiger partial charge in [0.15, 0.2) is 0 Å². The lowest BCUT2D eigenvalue weighted by Gasteiger charge is -2.44. The summed E-state index contributed by atoms with van der Waals surface area (Å²) in [6.07, 6.45) is 4.47. The zero-order valence-corrected chi connectivity index (χ0v) is 37.1. The number of rotatable bonds is 12. The van der Waals surface area contributed by atoms with Crippen molar-refractivity contribution in [2.24, 2.45) is 5.73 Å². The summed E-state index contributed by atoms with van der Waals surface area (Å²) >= 11 is 12.0. The fourth-order valence-electron chi connectivity index (χ4n) is 8.14. The van der Waals surface area contributed by atoms with E-state index in [1.54, 1.807) is 18.2 Å². The first kappa shape index (κ1) is 46.7. The molecular weight excluding hydrogens is 799 g/mol. The smallest absolute Gasteiger partial charge is 0.223 e. The molecule has 3 fully saturated rings. The standard InChI is InChI=1S/C24H29ClFN3O.C23H26ClFN2O.C2H6/c1-16-14-29(17(2)13-28(16)15-19-4-9-22(26)10-5-19)24(30)11-7-20-6-8-21(25)12-23(20)18(3)27;1-18(16-28-22-9-5-20(24)6-10-22)27-14-2-13-26(17-23(27)11-12-23)15-19-3-7-21(25)8-4-19;1-2/h4-6,8-10,12,16-17H,3,7,11,13-15,27H2,1-2H3;3-10H,1-2,11-17H2;1-2H3/t16-,17?;;/m1../s1. The SMILES string of the molecule is C=C(COc1ccc(Cl)cc1)N1CCCN(Cc2ccc(F)cc2)CC12CC2.C=C(N)c1cc(Cl)ccc1CCC(=O)N1C[C@@H](C)N(Cc2ccc(F)cc2)CC1C.CC. The molecule has 1 saturated carbocycles. The van der Waals surface area contributed by atoms with Crippen molar-refractivity contribution in [1.82, 2.24) is 19.6 Å². The van der Waals surface area contributed by atoms with E-state index >= 15 is 0 Å². The molecule has 4 aromatic carbocycles. The van der Waals surface area contributed by atoms with E-state index in [4.69, 9.17) is 33.7 Å². The number of ether oxygens (including phenoxy) is 1. The summed E-state index contributed by atoms with van der Waals surface area (Å²) in [6, 6.07) is 26.8. The summed E-state index contributed by atoms with van der Waals surface area (Å²) in [4.78, 5) is 22.2. The second kappa shape index (κ2) is 21.9. The lowest BCUT2D eigenvalue weighted by molar-refractivity contribution is -0.137. The zero-order chi connectivity index (χ0) is 43.4. The number of halogens is 4. The third-order valence-electron chi connectivity index (χ3n) is 11.5. The number of hydrogen-bond donors (Lipinski definition) is 1. The van der Waals surface area contributed by atoms with Gasteiger partial charge in [-0.05, 0) is 117 Å². The number of hydrogen-bond acceptors (Lipinski definition) is 6. The van der Waals surface area contributed by atoms with Gasteiger partial charge in [0.1, 0.15) is 24.0 Å². The minimum Gasteiger partial charge on any atom is -0.487 e. The Labute approximate surface area is 366 Å². The number of aryl methyl sites for hydroxylation is 1. The minimum atomic E-state index is -0.224. The Hall–Kier alpha value is -4.41. The first-order chi connectivity index (χ1) is 28.8. The van der Waals surface area contributed by atoms with Gasteiger partial charge in [-0.3, -0.25) is 14.6 Å². The average Bonchev–Trinajstić information content (AvgIpc) is 4.04. The number of benzene rings is 4. The lowest BCUT2D eigenvalue weighted by Crippen LogP contribution is -2.57. The highest BCUT2D eigenvalue weighted by Crippen LogP contribution is 2.45. The molecule has 2 atom stereocenters. The van der Waals surface area contributed by atoms with Crippen LogP contribution in [0.3, 0.4) is 0 Å². The van der Waals surface area contributed by atoms with Crippen LogP contribution in [0.2, 0.25) is 10.0 Å². The molecule has 2 N–H and O–H groups in total. The molecule has 2 aliphatic heterocycles. The predicted octanol–water partition coefficient (Wildman–Crippen LogP) is 10.6. The molecule has 2 heterocycles. The van der Waals surface area contributed by atoms with Crippen LogP contribution in [0.25, 0.3) is 5.70 Å². The van der Waals surface area contributed by atoms with Crippen molar-refractivity contribution < 1.29 is 18.3 Å². The molecule has 1 spiro atoms. The van der Waals surface area contributed by atoms with Crippen LogP contribution < -0.4 is 10.5 Å². The van der Waals surface area contributed by atoms with Crippen molar-refractivity contribution in [2.45, 2.75) is 90.5 Å². The number of carbonyl (C=O) groups excluding carboxylic acids is 1. The summed E-state index contributed by atoms with van der Waals surface area (Å²) < 4.78 is 32.2. The van der Waals surface area contributed by atoms with E-state index < -0.39 is 0 Å². The van der Waals surface area contributed by atoms with E-state index in [1.807, 2.05) is 79.4 Å². The van der Waals surface area contributed by atoms with E-state index in [1.165, 1.54) is 25.0 Å². The molecule has 1 unspecified atom stereocenters. The number of carbonyl (C=O) groups is 1. The van der Waals surface area contributed by atoms with Crippen LogP contribution in [-0.4, -0.2) is 82.5 Å². The summed E-state index contributed by atoms with van der Waals surface area (Å²) in [5.74, 6) is 0.543. The van der Waals surface area contributed by atoms with Crippen molar-refractivity contribution in [2.75, 3.05) is 39.3 Å². The van der Waals surface area contributed by atoms with Gasteiger partial charge in [-0.1, -0.05) is 80.5 Å². The Morgan fingerprint density at radius 3 is 2.02 bits per heavy atom. The quantitative estimate of drug-likeness (QED) is 0.153. The summed E-state index contributed by atoms with van der Waals surface area (Å²) in [7, 11) is 0. The molecule has 7 nitrogen and oxygen atoms in total. The number of nitrogens with zero attached hydrogens (tertiary/aromatic N) is 4. The number of amides is 1. The summed E-state index contributed by atoms with van der Waals surface area (Å²) in [5, 5.41) is 1.31. The summed E-state index contributed by atoms with van der Waals surface area (Å²) in [6.45, 7) is 23.0. The van der Waals surface area contributed by atoms with Crippen LogP contribution in [0, 0.1) is 11.6 Å². The Morgan fingerprint density at radius 2 is 1.42 bits per heavy atom. The molecule has 60 heavy (non-hydrogen) atoms. The molecule has 3 aliphatic rings. The minimum absolute atomic E-state index is 0.114. The van der Waals surface area contributed by atoms with Crippen molar-refractivity contribution in [1.29, 1.82) is 0 Å². The van der Waals surface area contributed by atoms with Gasteiger partial charge in [-0.15, -0.1) is 0 Å². The third-order valence-corrected chi connectivity index (χ3v) is 11.9. The number of piperazine rings is 1. The molecule has 11 heteroatoms. The highest BCUT2D eigenvalue weighted by molar-refractivity contribution is 6.31. The van der Waals surface area contributed by atoms with Gasteiger partial charge in [-0.25, -0.2) is 8.78 Å². The fraction of sp³-hybridized carbons (Fsp3) is 0.408.